The highest BCUT2D eigenvalue weighted by molar-refractivity contribution is 9.10. The first kappa shape index (κ1) is 21.1. The maximum atomic E-state index is 11.9. The molecule has 0 radical (unpaired) electrons. The van der Waals surface area contributed by atoms with Gasteiger partial charge in [-0.25, -0.2) is 0 Å². The molecule has 2 N–H and O–H groups in total. The van der Waals surface area contributed by atoms with Crippen LogP contribution in [0.4, 0.5) is 11.4 Å². The molecule has 2 aromatic carbocycles. The first-order chi connectivity index (χ1) is 12.8. The van der Waals surface area contributed by atoms with Gasteiger partial charge in [-0.05, 0) is 55.0 Å². The van der Waals surface area contributed by atoms with Crippen LogP contribution in [-0.2, 0) is 19.1 Å². The van der Waals surface area contributed by atoms with Crippen LogP contribution >= 0.6 is 31.9 Å². The molecule has 0 aromatic heterocycles. The molecule has 0 fully saturated rings. The summed E-state index contributed by atoms with van der Waals surface area (Å²) in [6, 6.07) is 12.5. The molecule has 2 rings (SSSR count). The van der Waals surface area contributed by atoms with Crippen molar-refractivity contribution in [2.24, 2.45) is 0 Å². The second kappa shape index (κ2) is 10.2. The minimum Gasteiger partial charge on any atom is -0.456 e. The Balaban J connectivity index is 1.69. The van der Waals surface area contributed by atoms with Crippen LogP contribution in [0.3, 0.4) is 0 Å². The fraction of sp³-hybridized carbons (Fsp3) is 0.211. The summed E-state index contributed by atoms with van der Waals surface area (Å²) in [6.45, 7) is 1.47. The van der Waals surface area contributed by atoms with Crippen LogP contribution in [0, 0.1) is 6.92 Å². The number of ether oxygens (including phenoxy) is 1. The van der Waals surface area contributed by atoms with Crippen LogP contribution in [-0.4, -0.2) is 24.4 Å². The molecule has 0 aliphatic heterocycles. The Hall–Kier alpha value is -2.19. The van der Waals surface area contributed by atoms with Crippen molar-refractivity contribution in [3.05, 3.63) is 57.0 Å². The molecule has 0 heterocycles. The van der Waals surface area contributed by atoms with E-state index in [-0.39, 0.29) is 18.7 Å². The Labute approximate surface area is 173 Å². The molecular weight excluding hydrogens is 480 g/mol. The summed E-state index contributed by atoms with van der Waals surface area (Å²) in [6.07, 6.45) is -0.129. The molecule has 0 saturated heterocycles. The number of carbonyl (C=O) groups is 3. The van der Waals surface area contributed by atoms with Crippen molar-refractivity contribution in [2.75, 3.05) is 17.2 Å². The number of aryl methyl sites for hydroxylation is 1. The van der Waals surface area contributed by atoms with Crippen molar-refractivity contribution in [1.29, 1.82) is 0 Å². The van der Waals surface area contributed by atoms with Gasteiger partial charge in [0.1, 0.15) is 0 Å². The van der Waals surface area contributed by atoms with Crippen molar-refractivity contribution in [3.8, 4) is 0 Å². The zero-order valence-electron chi connectivity index (χ0n) is 14.6. The molecule has 8 heteroatoms. The van der Waals surface area contributed by atoms with E-state index in [0.717, 1.165) is 14.5 Å². The third kappa shape index (κ3) is 7.52. The maximum absolute atomic E-state index is 11.9. The number of hydrogen-bond acceptors (Lipinski definition) is 4. The van der Waals surface area contributed by atoms with E-state index in [1.165, 1.54) is 0 Å². The largest absolute Gasteiger partial charge is 0.456 e. The van der Waals surface area contributed by atoms with Crippen LogP contribution in [0.5, 0.6) is 0 Å². The number of amides is 2. The normalized spacial score (nSPS) is 10.2. The van der Waals surface area contributed by atoms with Gasteiger partial charge in [0.2, 0.25) is 5.91 Å². The lowest BCUT2D eigenvalue weighted by Crippen LogP contribution is -2.21. The Morgan fingerprint density at radius 1 is 0.889 bits per heavy atom. The molecule has 0 aliphatic carbocycles. The second-order valence-electron chi connectivity index (χ2n) is 5.72. The molecule has 142 valence electrons. The number of esters is 1. The summed E-state index contributed by atoms with van der Waals surface area (Å²) in [4.78, 5) is 35.4. The zero-order chi connectivity index (χ0) is 19.8. The standard InChI is InChI=1S/C19H18Br2N2O4/c1-12-10-14(21)4-7-16(12)23-17(24)8-9-19(26)27-11-18(25)22-15-5-2-13(20)3-6-15/h2-7,10H,8-9,11H2,1H3,(H,22,25)(H,23,24). The highest BCUT2D eigenvalue weighted by atomic mass is 79.9. The summed E-state index contributed by atoms with van der Waals surface area (Å²) in [5.74, 6) is -1.35. The van der Waals surface area contributed by atoms with E-state index in [0.29, 0.717) is 11.4 Å². The predicted molar refractivity (Wildman–Crippen MR) is 110 cm³/mol. The molecule has 0 bridgehead atoms. The van der Waals surface area contributed by atoms with E-state index >= 15 is 0 Å². The Morgan fingerprint density at radius 2 is 1.56 bits per heavy atom. The Morgan fingerprint density at radius 3 is 2.22 bits per heavy atom. The summed E-state index contributed by atoms with van der Waals surface area (Å²) < 4.78 is 6.70. The van der Waals surface area contributed by atoms with Gasteiger partial charge < -0.3 is 15.4 Å². The number of anilines is 2. The summed E-state index contributed by atoms with van der Waals surface area (Å²) in [7, 11) is 0. The van der Waals surface area contributed by atoms with Crippen molar-refractivity contribution in [3.63, 3.8) is 0 Å². The van der Waals surface area contributed by atoms with Gasteiger partial charge in [-0.15, -0.1) is 0 Å². The van der Waals surface area contributed by atoms with Crippen LogP contribution < -0.4 is 10.6 Å². The summed E-state index contributed by atoms with van der Waals surface area (Å²) in [5, 5.41) is 5.36. The summed E-state index contributed by atoms with van der Waals surface area (Å²) >= 11 is 6.66. The van der Waals surface area contributed by atoms with Gasteiger partial charge in [-0.1, -0.05) is 31.9 Å². The lowest BCUT2D eigenvalue weighted by molar-refractivity contribution is -0.147. The van der Waals surface area contributed by atoms with E-state index in [2.05, 4.69) is 42.5 Å². The molecule has 6 nitrogen and oxygen atoms in total. The SMILES string of the molecule is Cc1cc(Br)ccc1NC(=O)CCC(=O)OCC(=O)Nc1ccc(Br)cc1. The molecule has 0 unspecified atom stereocenters. The van der Waals surface area contributed by atoms with E-state index in [1.54, 1.807) is 30.3 Å². The van der Waals surface area contributed by atoms with E-state index in [9.17, 15) is 14.4 Å². The van der Waals surface area contributed by atoms with Crippen LogP contribution in [0.15, 0.2) is 51.4 Å². The van der Waals surface area contributed by atoms with Gasteiger partial charge in [0.25, 0.3) is 5.91 Å². The molecule has 2 amide bonds. The zero-order valence-corrected chi connectivity index (χ0v) is 17.7. The van der Waals surface area contributed by atoms with Crippen molar-refractivity contribution in [2.45, 2.75) is 19.8 Å². The Bertz CT molecular complexity index is 838. The van der Waals surface area contributed by atoms with Crippen LogP contribution in [0.1, 0.15) is 18.4 Å². The Kier molecular flexibility index (Phi) is 7.99. The van der Waals surface area contributed by atoms with Crippen LogP contribution in [0.2, 0.25) is 0 Å². The smallest absolute Gasteiger partial charge is 0.306 e. The minimum atomic E-state index is -0.608. The van der Waals surface area contributed by atoms with Gasteiger partial charge in [-0.3, -0.25) is 14.4 Å². The first-order valence-corrected chi connectivity index (χ1v) is 9.69. The third-order valence-corrected chi connectivity index (χ3v) is 4.53. The molecular formula is C19H18Br2N2O4. The molecule has 0 spiro atoms. The maximum Gasteiger partial charge on any atom is 0.306 e. The molecule has 0 aliphatic rings. The number of rotatable bonds is 7. The molecule has 2 aromatic rings. The van der Waals surface area contributed by atoms with E-state index in [4.69, 9.17) is 4.74 Å². The average Bonchev–Trinajstić information content (AvgIpc) is 2.62. The second-order valence-corrected chi connectivity index (χ2v) is 7.55. The van der Waals surface area contributed by atoms with Gasteiger partial charge in [0.15, 0.2) is 6.61 Å². The van der Waals surface area contributed by atoms with Gasteiger partial charge in [-0.2, -0.15) is 0 Å². The molecule has 0 atom stereocenters. The van der Waals surface area contributed by atoms with Gasteiger partial charge >= 0.3 is 5.97 Å². The fourth-order valence-electron chi connectivity index (χ4n) is 2.14. The third-order valence-electron chi connectivity index (χ3n) is 3.51. The quantitative estimate of drug-likeness (QED) is 0.554. The van der Waals surface area contributed by atoms with Gasteiger partial charge in [0, 0.05) is 26.7 Å². The van der Waals surface area contributed by atoms with Crippen molar-refractivity contribution in [1.82, 2.24) is 0 Å². The minimum absolute atomic E-state index is 0.0251. The van der Waals surface area contributed by atoms with E-state index < -0.39 is 18.5 Å². The average molecular weight is 498 g/mol. The van der Waals surface area contributed by atoms with Crippen LogP contribution in [0.25, 0.3) is 0 Å². The topological polar surface area (TPSA) is 84.5 Å². The highest BCUT2D eigenvalue weighted by Gasteiger charge is 2.11. The molecule has 0 saturated carbocycles. The number of carbonyl (C=O) groups excluding carboxylic acids is 3. The van der Waals surface area contributed by atoms with E-state index in [1.807, 2.05) is 19.1 Å². The lowest BCUT2D eigenvalue weighted by Gasteiger charge is -2.09. The summed E-state index contributed by atoms with van der Waals surface area (Å²) in [5.41, 5.74) is 2.19. The van der Waals surface area contributed by atoms with Crippen molar-refractivity contribution >= 4 is 61.0 Å². The number of nitrogens with one attached hydrogen (secondary N) is 2. The number of halogens is 2. The van der Waals surface area contributed by atoms with Gasteiger partial charge in [0.05, 0.1) is 6.42 Å². The predicted octanol–water partition coefficient (Wildman–Crippen LogP) is 4.42. The number of benzene rings is 2. The van der Waals surface area contributed by atoms with Crippen molar-refractivity contribution < 1.29 is 19.1 Å². The first-order valence-electron chi connectivity index (χ1n) is 8.10. The molecule has 27 heavy (non-hydrogen) atoms. The number of hydrogen-bond donors (Lipinski definition) is 2. The lowest BCUT2D eigenvalue weighted by atomic mass is 10.2. The fourth-order valence-corrected chi connectivity index (χ4v) is 2.88. The highest BCUT2D eigenvalue weighted by Crippen LogP contribution is 2.20. The monoisotopic (exact) mass is 496 g/mol.